The molecule has 2 nitrogen and oxygen atoms in total. The van der Waals surface area contributed by atoms with Gasteiger partial charge in [-0.2, -0.15) is 0 Å². The second-order valence-corrected chi connectivity index (χ2v) is 5.14. The van der Waals surface area contributed by atoms with Crippen molar-refractivity contribution in [3.05, 3.63) is 29.6 Å². The molecule has 1 heterocycles. The molecule has 1 unspecified atom stereocenters. The van der Waals surface area contributed by atoms with E-state index in [0.29, 0.717) is 12.0 Å². The van der Waals surface area contributed by atoms with Gasteiger partial charge in [-0.1, -0.05) is 19.9 Å². The Balaban J connectivity index is 2.32. The number of aryl methyl sites for hydroxylation is 1. The third-order valence-electron chi connectivity index (χ3n) is 3.53. The van der Waals surface area contributed by atoms with E-state index in [0.717, 1.165) is 30.9 Å². The van der Waals surface area contributed by atoms with Crippen LogP contribution in [0.5, 0.6) is 0 Å². The third kappa shape index (κ3) is 2.60. The zero-order valence-electron chi connectivity index (χ0n) is 10.8. The van der Waals surface area contributed by atoms with E-state index in [-0.39, 0.29) is 5.82 Å². The molecule has 0 aromatic heterocycles. The number of nitrogens with one attached hydrogen (secondary N) is 1. The maximum atomic E-state index is 13.4. The fourth-order valence-electron chi connectivity index (χ4n) is 2.51. The highest BCUT2D eigenvalue weighted by Gasteiger charge is 2.26. The van der Waals surface area contributed by atoms with Gasteiger partial charge in [0.25, 0.3) is 0 Å². The molecule has 0 aliphatic carbocycles. The van der Waals surface area contributed by atoms with Gasteiger partial charge >= 0.3 is 0 Å². The van der Waals surface area contributed by atoms with Gasteiger partial charge in [0.05, 0.1) is 0 Å². The van der Waals surface area contributed by atoms with Crippen LogP contribution < -0.4 is 10.2 Å². The molecule has 0 bridgehead atoms. The van der Waals surface area contributed by atoms with Gasteiger partial charge in [-0.3, -0.25) is 0 Å². The zero-order valence-corrected chi connectivity index (χ0v) is 10.8. The van der Waals surface area contributed by atoms with Gasteiger partial charge in [0.15, 0.2) is 0 Å². The predicted octanol–water partition coefficient (Wildman–Crippen LogP) is 2.57. The lowest BCUT2D eigenvalue weighted by molar-refractivity contribution is 0.389. The van der Waals surface area contributed by atoms with Crippen LogP contribution in [0.15, 0.2) is 18.2 Å². The Hall–Kier alpha value is -1.09. The molecule has 1 aliphatic heterocycles. The van der Waals surface area contributed by atoms with Gasteiger partial charge in [-0.15, -0.1) is 0 Å². The summed E-state index contributed by atoms with van der Waals surface area (Å²) in [7, 11) is 0. The molecule has 1 fully saturated rings. The second-order valence-electron chi connectivity index (χ2n) is 5.14. The van der Waals surface area contributed by atoms with Gasteiger partial charge < -0.3 is 10.2 Å². The summed E-state index contributed by atoms with van der Waals surface area (Å²) in [5.74, 6) is 0.414. The molecule has 17 heavy (non-hydrogen) atoms. The first-order valence-electron chi connectivity index (χ1n) is 6.33. The lowest BCUT2D eigenvalue weighted by Gasteiger charge is -2.41. The molecule has 1 aromatic rings. The molecular weight excluding hydrogens is 215 g/mol. The molecule has 1 saturated heterocycles. The van der Waals surface area contributed by atoms with Crippen LogP contribution in [-0.4, -0.2) is 25.7 Å². The summed E-state index contributed by atoms with van der Waals surface area (Å²) in [6.07, 6.45) is 0. The number of hydrogen-bond acceptors (Lipinski definition) is 2. The molecule has 0 radical (unpaired) electrons. The number of benzene rings is 1. The Morgan fingerprint density at radius 2 is 2.18 bits per heavy atom. The number of nitrogens with zero attached hydrogens (tertiary/aromatic N) is 1. The van der Waals surface area contributed by atoms with Crippen molar-refractivity contribution >= 4 is 5.69 Å². The Morgan fingerprint density at radius 3 is 2.88 bits per heavy atom. The number of rotatable bonds is 2. The summed E-state index contributed by atoms with van der Waals surface area (Å²) in [5, 5.41) is 3.41. The summed E-state index contributed by atoms with van der Waals surface area (Å²) in [4.78, 5) is 2.35. The SMILES string of the molecule is Cc1ccc(F)cc1N1CCNCC1C(C)C. The van der Waals surface area contributed by atoms with Crippen molar-refractivity contribution in [1.29, 1.82) is 0 Å². The van der Waals surface area contributed by atoms with Crippen molar-refractivity contribution in [2.75, 3.05) is 24.5 Å². The highest BCUT2D eigenvalue weighted by molar-refractivity contribution is 5.54. The first-order valence-corrected chi connectivity index (χ1v) is 6.33. The minimum Gasteiger partial charge on any atom is -0.365 e. The van der Waals surface area contributed by atoms with E-state index in [1.54, 1.807) is 6.07 Å². The summed E-state index contributed by atoms with van der Waals surface area (Å²) < 4.78 is 13.4. The molecule has 2 rings (SSSR count). The number of hydrogen-bond donors (Lipinski definition) is 1. The van der Waals surface area contributed by atoms with E-state index in [1.165, 1.54) is 6.07 Å². The van der Waals surface area contributed by atoms with Crippen LogP contribution in [0.3, 0.4) is 0 Å². The highest BCUT2D eigenvalue weighted by Crippen LogP contribution is 2.26. The maximum absolute atomic E-state index is 13.4. The van der Waals surface area contributed by atoms with Crippen molar-refractivity contribution in [1.82, 2.24) is 5.32 Å². The first-order chi connectivity index (χ1) is 8.09. The minimum atomic E-state index is -0.147. The zero-order chi connectivity index (χ0) is 12.4. The minimum absolute atomic E-state index is 0.147. The molecular formula is C14H21FN2. The predicted molar refractivity (Wildman–Crippen MR) is 70.0 cm³/mol. The molecule has 0 spiro atoms. The average Bonchev–Trinajstić information content (AvgIpc) is 2.32. The molecule has 1 aliphatic rings. The molecule has 0 saturated carbocycles. The highest BCUT2D eigenvalue weighted by atomic mass is 19.1. The Labute approximate surface area is 103 Å². The van der Waals surface area contributed by atoms with Crippen LogP contribution in [0.4, 0.5) is 10.1 Å². The second kappa shape index (κ2) is 5.05. The topological polar surface area (TPSA) is 15.3 Å². The largest absolute Gasteiger partial charge is 0.365 e. The standard InChI is InChI=1S/C14H21FN2/c1-10(2)14-9-16-6-7-17(14)13-8-12(15)5-4-11(13)3/h4-5,8,10,14,16H,6-7,9H2,1-3H3. The van der Waals surface area contributed by atoms with E-state index >= 15 is 0 Å². The van der Waals surface area contributed by atoms with Crippen LogP contribution in [0, 0.1) is 18.7 Å². The van der Waals surface area contributed by atoms with Gasteiger partial charge in [0, 0.05) is 31.4 Å². The molecule has 1 N–H and O–H groups in total. The average molecular weight is 236 g/mol. The fraction of sp³-hybridized carbons (Fsp3) is 0.571. The molecule has 0 amide bonds. The molecule has 1 aromatic carbocycles. The van der Waals surface area contributed by atoms with Crippen LogP contribution in [0.2, 0.25) is 0 Å². The van der Waals surface area contributed by atoms with Crippen molar-refractivity contribution in [3.63, 3.8) is 0 Å². The van der Waals surface area contributed by atoms with E-state index in [4.69, 9.17) is 0 Å². The summed E-state index contributed by atoms with van der Waals surface area (Å²) >= 11 is 0. The Kier molecular flexibility index (Phi) is 3.67. The Bertz CT molecular complexity index is 390. The van der Waals surface area contributed by atoms with E-state index in [2.05, 4.69) is 24.1 Å². The first kappa shape index (κ1) is 12.4. The fourth-order valence-corrected chi connectivity index (χ4v) is 2.51. The quantitative estimate of drug-likeness (QED) is 0.849. The summed E-state index contributed by atoms with van der Waals surface area (Å²) in [6, 6.07) is 5.51. The number of anilines is 1. The van der Waals surface area contributed by atoms with Gasteiger partial charge in [-0.05, 0) is 30.5 Å². The van der Waals surface area contributed by atoms with Crippen molar-refractivity contribution < 1.29 is 4.39 Å². The smallest absolute Gasteiger partial charge is 0.125 e. The monoisotopic (exact) mass is 236 g/mol. The van der Waals surface area contributed by atoms with Crippen LogP contribution in [0.1, 0.15) is 19.4 Å². The molecule has 1 atom stereocenters. The molecule has 3 heteroatoms. The van der Waals surface area contributed by atoms with Crippen LogP contribution in [0.25, 0.3) is 0 Å². The van der Waals surface area contributed by atoms with Gasteiger partial charge in [0.2, 0.25) is 0 Å². The van der Waals surface area contributed by atoms with Gasteiger partial charge in [0.1, 0.15) is 5.82 Å². The van der Waals surface area contributed by atoms with E-state index < -0.39 is 0 Å². The summed E-state index contributed by atoms with van der Waals surface area (Å²) in [6.45, 7) is 9.40. The normalized spacial score (nSPS) is 21.0. The molecule has 94 valence electrons. The van der Waals surface area contributed by atoms with Crippen molar-refractivity contribution in [2.45, 2.75) is 26.8 Å². The van der Waals surface area contributed by atoms with E-state index in [9.17, 15) is 4.39 Å². The third-order valence-corrected chi connectivity index (χ3v) is 3.53. The Morgan fingerprint density at radius 1 is 1.41 bits per heavy atom. The van der Waals surface area contributed by atoms with Crippen LogP contribution >= 0.6 is 0 Å². The number of halogens is 1. The van der Waals surface area contributed by atoms with Gasteiger partial charge in [-0.25, -0.2) is 4.39 Å². The number of piperazine rings is 1. The van der Waals surface area contributed by atoms with Crippen LogP contribution in [-0.2, 0) is 0 Å². The summed E-state index contributed by atoms with van der Waals surface area (Å²) in [5.41, 5.74) is 2.20. The maximum Gasteiger partial charge on any atom is 0.125 e. The van der Waals surface area contributed by atoms with E-state index in [1.807, 2.05) is 13.0 Å². The lowest BCUT2D eigenvalue weighted by atomic mass is 9.99. The van der Waals surface area contributed by atoms with Crippen molar-refractivity contribution in [3.8, 4) is 0 Å². The lowest BCUT2D eigenvalue weighted by Crippen LogP contribution is -2.54. The van der Waals surface area contributed by atoms with Crippen molar-refractivity contribution in [2.24, 2.45) is 5.92 Å².